The van der Waals surface area contributed by atoms with Gasteiger partial charge in [-0.05, 0) is 13.0 Å². The van der Waals surface area contributed by atoms with Crippen LogP contribution < -0.4 is 5.32 Å². The number of furan rings is 1. The molecule has 0 bridgehead atoms. The Labute approximate surface area is 107 Å². The van der Waals surface area contributed by atoms with Crippen LogP contribution in [0.25, 0.3) is 11.0 Å². The van der Waals surface area contributed by atoms with Gasteiger partial charge >= 0.3 is 0 Å². The van der Waals surface area contributed by atoms with E-state index in [1.54, 1.807) is 0 Å². The fourth-order valence-electron chi connectivity index (χ4n) is 2.09. The molecule has 1 aromatic carbocycles. The summed E-state index contributed by atoms with van der Waals surface area (Å²) in [4.78, 5) is 0. The molecule has 1 heterocycles. The van der Waals surface area contributed by atoms with Crippen LogP contribution in [0.4, 0.5) is 0 Å². The van der Waals surface area contributed by atoms with Crippen LogP contribution in [0.5, 0.6) is 0 Å². The van der Waals surface area contributed by atoms with Gasteiger partial charge in [0, 0.05) is 30.5 Å². The van der Waals surface area contributed by atoms with Gasteiger partial charge in [0.1, 0.15) is 11.3 Å². The third-order valence-corrected chi connectivity index (χ3v) is 3.08. The van der Waals surface area contributed by atoms with Gasteiger partial charge in [0.25, 0.3) is 0 Å². The third-order valence-electron chi connectivity index (χ3n) is 3.08. The number of nitriles is 1. The second-order valence-corrected chi connectivity index (χ2v) is 4.51. The van der Waals surface area contributed by atoms with Gasteiger partial charge in [0.15, 0.2) is 0 Å². The monoisotopic (exact) mass is 242 g/mol. The van der Waals surface area contributed by atoms with E-state index < -0.39 is 0 Å². The minimum atomic E-state index is 0.0354. The van der Waals surface area contributed by atoms with Crippen molar-refractivity contribution >= 4 is 11.0 Å². The molecule has 1 aromatic heterocycles. The summed E-state index contributed by atoms with van der Waals surface area (Å²) in [5, 5.41) is 13.3. The molecule has 0 saturated carbocycles. The van der Waals surface area contributed by atoms with Crippen molar-refractivity contribution in [3.05, 3.63) is 35.6 Å². The largest absolute Gasteiger partial charge is 0.461 e. The zero-order chi connectivity index (χ0) is 13.0. The summed E-state index contributed by atoms with van der Waals surface area (Å²) in [5.41, 5.74) is 2.16. The average Bonchev–Trinajstić information content (AvgIpc) is 2.77. The molecule has 2 aromatic rings. The van der Waals surface area contributed by atoms with E-state index in [9.17, 15) is 0 Å². The number of nitrogens with one attached hydrogen (secondary N) is 1. The molecule has 0 aliphatic heterocycles. The van der Waals surface area contributed by atoms with Gasteiger partial charge in [-0.25, -0.2) is 0 Å². The van der Waals surface area contributed by atoms with E-state index in [-0.39, 0.29) is 5.92 Å². The van der Waals surface area contributed by atoms with Crippen molar-refractivity contribution in [2.24, 2.45) is 5.92 Å². The fraction of sp³-hybridized carbons (Fsp3) is 0.400. The molecule has 1 N–H and O–H groups in total. The highest BCUT2D eigenvalue weighted by atomic mass is 16.3. The Kier molecular flexibility index (Phi) is 4.01. The summed E-state index contributed by atoms with van der Waals surface area (Å²) in [6.07, 6.45) is 0.888. The van der Waals surface area contributed by atoms with Crippen molar-refractivity contribution in [2.75, 3.05) is 6.54 Å². The van der Waals surface area contributed by atoms with Crippen LogP contribution >= 0.6 is 0 Å². The molecular formula is C15H18N2O. The molecule has 0 amide bonds. The summed E-state index contributed by atoms with van der Waals surface area (Å²) < 4.78 is 5.83. The van der Waals surface area contributed by atoms with E-state index in [4.69, 9.17) is 9.68 Å². The molecule has 2 rings (SSSR count). The van der Waals surface area contributed by atoms with Crippen LogP contribution in [-0.4, -0.2) is 6.54 Å². The van der Waals surface area contributed by atoms with E-state index >= 15 is 0 Å². The summed E-state index contributed by atoms with van der Waals surface area (Å²) >= 11 is 0. The SMILES string of the molecule is CCc1oc2ccccc2c1CNCC(C)C#N. The topological polar surface area (TPSA) is 49.0 Å². The van der Waals surface area contributed by atoms with Gasteiger partial charge in [0.05, 0.1) is 12.0 Å². The maximum Gasteiger partial charge on any atom is 0.134 e. The Hall–Kier alpha value is -1.79. The minimum absolute atomic E-state index is 0.0354. The van der Waals surface area contributed by atoms with Gasteiger partial charge in [-0.15, -0.1) is 0 Å². The maximum absolute atomic E-state index is 8.76. The molecule has 3 heteroatoms. The summed E-state index contributed by atoms with van der Waals surface area (Å²) in [6, 6.07) is 10.3. The van der Waals surface area contributed by atoms with Gasteiger partial charge < -0.3 is 9.73 Å². The van der Waals surface area contributed by atoms with Crippen molar-refractivity contribution in [1.29, 1.82) is 5.26 Å². The highest BCUT2D eigenvalue weighted by molar-refractivity contribution is 5.82. The standard InChI is InChI=1S/C15H18N2O/c1-3-14-13(10-17-9-11(2)8-16)12-6-4-5-7-15(12)18-14/h4-7,11,17H,3,9-10H2,1-2H3. The highest BCUT2D eigenvalue weighted by Gasteiger charge is 2.12. The summed E-state index contributed by atoms with van der Waals surface area (Å²) in [7, 11) is 0. The highest BCUT2D eigenvalue weighted by Crippen LogP contribution is 2.26. The molecule has 18 heavy (non-hydrogen) atoms. The first kappa shape index (κ1) is 12.7. The zero-order valence-electron chi connectivity index (χ0n) is 10.9. The second-order valence-electron chi connectivity index (χ2n) is 4.51. The van der Waals surface area contributed by atoms with Crippen molar-refractivity contribution in [3.63, 3.8) is 0 Å². The van der Waals surface area contributed by atoms with E-state index in [1.165, 1.54) is 10.9 Å². The number of hydrogen-bond acceptors (Lipinski definition) is 3. The van der Waals surface area contributed by atoms with Crippen LogP contribution in [0, 0.1) is 17.2 Å². The minimum Gasteiger partial charge on any atom is -0.461 e. The zero-order valence-corrected chi connectivity index (χ0v) is 10.9. The number of nitrogens with zero attached hydrogens (tertiary/aromatic N) is 1. The van der Waals surface area contributed by atoms with Crippen LogP contribution in [0.2, 0.25) is 0 Å². The predicted molar refractivity (Wildman–Crippen MR) is 72.1 cm³/mol. The maximum atomic E-state index is 8.76. The van der Waals surface area contributed by atoms with Crippen LogP contribution in [0.3, 0.4) is 0 Å². The van der Waals surface area contributed by atoms with E-state index in [0.717, 1.165) is 24.3 Å². The predicted octanol–water partition coefficient (Wildman–Crippen LogP) is 3.24. The smallest absolute Gasteiger partial charge is 0.134 e. The summed E-state index contributed by atoms with van der Waals surface area (Å²) in [5.74, 6) is 1.07. The van der Waals surface area contributed by atoms with Gasteiger partial charge in [-0.1, -0.05) is 25.1 Å². The Balaban J connectivity index is 2.18. The van der Waals surface area contributed by atoms with E-state index in [0.29, 0.717) is 6.54 Å². The van der Waals surface area contributed by atoms with Crippen molar-refractivity contribution < 1.29 is 4.42 Å². The van der Waals surface area contributed by atoms with E-state index in [2.05, 4.69) is 24.4 Å². The lowest BCUT2D eigenvalue weighted by Crippen LogP contribution is -2.20. The first-order chi connectivity index (χ1) is 8.76. The van der Waals surface area contributed by atoms with Crippen LogP contribution in [-0.2, 0) is 13.0 Å². The third kappa shape index (κ3) is 2.55. The van der Waals surface area contributed by atoms with Crippen LogP contribution in [0.1, 0.15) is 25.2 Å². The number of fused-ring (bicyclic) bond motifs is 1. The number of rotatable bonds is 5. The molecule has 0 fully saturated rings. The first-order valence-corrected chi connectivity index (χ1v) is 6.35. The Morgan fingerprint density at radius 2 is 2.17 bits per heavy atom. The fourth-order valence-corrected chi connectivity index (χ4v) is 2.09. The molecular weight excluding hydrogens is 224 g/mol. The van der Waals surface area contributed by atoms with Crippen molar-refractivity contribution in [1.82, 2.24) is 5.32 Å². The molecule has 0 saturated heterocycles. The molecule has 94 valence electrons. The van der Waals surface area contributed by atoms with Gasteiger partial charge in [-0.3, -0.25) is 0 Å². The lowest BCUT2D eigenvalue weighted by Gasteiger charge is -2.06. The molecule has 0 aliphatic rings. The number of hydrogen-bond donors (Lipinski definition) is 1. The van der Waals surface area contributed by atoms with Gasteiger partial charge in [0.2, 0.25) is 0 Å². The normalized spacial score (nSPS) is 12.5. The molecule has 0 aliphatic carbocycles. The Morgan fingerprint density at radius 3 is 2.89 bits per heavy atom. The van der Waals surface area contributed by atoms with Crippen molar-refractivity contribution in [2.45, 2.75) is 26.8 Å². The van der Waals surface area contributed by atoms with Crippen molar-refractivity contribution in [3.8, 4) is 6.07 Å². The molecule has 1 atom stereocenters. The molecule has 3 nitrogen and oxygen atoms in total. The first-order valence-electron chi connectivity index (χ1n) is 6.35. The van der Waals surface area contributed by atoms with E-state index in [1.807, 2.05) is 25.1 Å². The summed E-state index contributed by atoms with van der Waals surface area (Å²) in [6.45, 7) is 5.48. The molecule has 0 spiro atoms. The number of para-hydroxylation sites is 1. The average molecular weight is 242 g/mol. The Bertz CT molecular complexity index is 565. The molecule has 1 unspecified atom stereocenters. The Morgan fingerprint density at radius 1 is 1.39 bits per heavy atom. The quantitative estimate of drug-likeness (QED) is 0.875. The van der Waals surface area contributed by atoms with Gasteiger partial charge in [-0.2, -0.15) is 5.26 Å². The molecule has 0 radical (unpaired) electrons. The number of aryl methyl sites for hydroxylation is 1. The van der Waals surface area contributed by atoms with Crippen LogP contribution in [0.15, 0.2) is 28.7 Å². The lowest BCUT2D eigenvalue weighted by molar-refractivity contribution is 0.538. The lowest BCUT2D eigenvalue weighted by atomic mass is 10.1. The second kappa shape index (κ2) is 5.70. The number of benzene rings is 1.